The molecule has 2 aromatic rings. The highest BCUT2D eigenvalue weighted by Gasteiger charge is 2.28. The van der Waals surface area contributed by atoms with Gasteiger partial charge in [0, 0.05) is 16.5 Å². The summed E-state index contributed by atoms with van der Waals surface area (Å²) >= 11 is 7.65. The lowest BCUT2D eigenvalue weighted by Crippen LogP contribution is -2.06. The molecule has 1 heterocycles. The van der Waals surface area contributed by atoms with Crippen molar-refractivity contribution in [3.63, 3.8) is 0 Å². The van der Waals surface area contributed by atoms with E-state index in [1.54, 1.807) is 11.8 Å². The first kappa shape index (κ1) is 12.9. The van der Waals surface area contributed by atoms with Crippen LogP contribution in [-0.2, 0) is 6.54 Å². The van der Waals surface area contributed by atoms with E-state index < -0.39 is 0 Å². The molecule has 1 aromatic carbocycles. The number of hydrogen-bond donors (Lipinski definition) is 1. The van der Waals surface area contributed by atoms with Crippen LogP contribution in [0.4, 0.5) is 0 Å². The second-order valence-corrected chi connectivity index (χ2v) is 5.97. The summed E-state index contributed by atoms with van der Waals surface area (Å²) in [6, 6.07) is 6.38. The van der Waals surface area contributed by atoms with E-state index in [9.17, 15) is 0 Å². The van der Waals surface area contributed by atoms with Crippen LogP contribution in [0.1, 0.15) is 24.4 Å². The van der Waals surface area contributed by atoms with Gasteiger partial charge in [0.25, 0.3) is 0 Å². The molecule has 0 spiro atoms. The molecule has 100 valence electrons. The zero-order valence-electron chi connectivity index (χ0n) is 10.5. The molecule has 19 heavy (non-hydrogen) atoms. The third-order valence-electron chi connectivity index (χ3n) is 2.95. The minimum Gasteiger partial charge on any atom is -0.316 e. The molecule has 1 aromatic heterocycles. The predicted molar refractivity (Wildman–Crippen MR) is 74.4 cm³/mol. The van der Waals surface area contributed by atoms with Crippen LogP contribution < -0.4 is 5.32 Å². The molecule has 7 heteroatoms. The molecule has 1 saturated carbocycles. The molecule has 0 saturated heterocycles. The number of hydrogen-bond acceptors (Lipinski definition) is 5. The Morgan fingerprint density at radius 3 is 3.05 bits per heavy atom. The minimum atomic E-state index is 0.476. The number of benzene rings is 1. The summed E-state index contributed by atoms with van der Waals surface area (Å²) in [5, 5.41) is 16.7. The van der Waals surface area contributed by atoms with Crippen molar-refractivity contribution in [3.8, 4) is 0 Å². The van der Waals surface area contributed by atoms with Gasteiger partial charge in [0.05, 0.1) is 6.04 Å². The van der Waals surface area contributed by atoms with Gasteiger partial charge in [0.2, 0.25) is 5.16 Å². The van der Waals surface area contributed by atoms with Gasteiger partial charge in [-0.05, 0) is 59.8 Å². The van der Waals surface area contributed by atoms with Crippen molar-refractivity contribution in [2.45, 2.75) is 35.5 Å². The molecule has 1 fully saturated rings. The molecule has 0 unspecified atom stereocenters. The Balaban J connectivity index is 1.88. The zero-order chi connectivity index (χ0) is 13.2. The zero-order valence-corrected chi connectivity index (χ0v) is 12.1. The molecule has 0 amide bonds. The Morgan fingerprint density at radius 2 is 2.32 bits per heavy atom. The molecular formula is C12H14ClN5S. The molecule has 1 N–H and O–H groups in total. The summed E-state index contributed by atoms with van der Waals surface area (Å²) in [5.74, 6) is 0. The molecule has 1 aliphatic carbocycles. The number of tetrazole rings is 1. The van der Waals surface area contributed by atoms with Crippen molar-refractivity contribution in [3.05, 3.63) is 28.8 Å². The van der Waals surface area contributed by atoms with Crippen LogP contribution in [-0.4, -0.2) is 27.3 Å². The maximum absolute atomic E-state index is 6.08. The maximum Gasteiger partial charge on any atom is 0.214 e. The second-order valence-electron chi connectivity index (χ2n) is 4.52. The molecule has 3 rings (SSSR count). The summed E-state index contributed by atoms with van der Waals surface area (Å²) < 4.78 is 1.91. The highest BCUT2D eigenvalue weighted by Crippen LogP contribution is 2.39. The van der Waals surface area contributed by atoms with Crippen LogP contribution in [0.2, 0.25) is 5.02 Å². The number of nitrogens with zero attached hydrogens (tertiary/aromatic N) is 4. The van der Waals surface area contributed by atoms with Crippen molar-refractivity contribution in [1.82, 2.24) is 25.5 Å². The number of rotatable bonds is 5. The highest BCUT2D eigenvalue weighted by molar-refractivity contribution is 7.99. The van der Waals surface area contributed by atoms with Gasteiger partial charge in [-0.3, -0.25) is 0 Å². The summed E-state index contributed by atoms with van der Waals surface area (Å²) in [7, 11) is 1.93. The van der Waals surface area contributed by atoms with Crippen LogP contribution in [0.25, 0.3) is 0 Å². The first-order chi connectivity index (χ1) is 9.28. The number of aromatic nitrogens is 4. The quantitative estimate of drug-likeness (QED) is 0.918. The van der Waals surface area contributed by atoms with E-state index in [2.05, 4.69) is 20.8 Å². The third-order valence-corrected chi connectivity index (χ3v) is 4.24. The van der Waals surface area contributed by atoms with Gasteiger partial charge in [0.15, 0.2) is 0 Å². The van der Waals surface area contributed by atoms with E-state index in [0.717, 1.165) is 34.5 Å². The Labute approximate surface area is 120 Å². The van der Waals surface area contributed by atoms with Gasteiger partial charge in [-0.15, -0.1) is 5.10 Å². The Bertz CT molecular complexity index is 581. The average Bonchev–Trinajstić information content (AvgIpc) is 3.14. The van der Waals surface area contributed by atoms with E-state index in [0.29, 0.717) is 6.04 Å². The number of halogens is 1. The fourth-order valence-corrected chi connectivity index (χ4v) is 3.11. The van der Waals surface area contributed by atoms with Gasteiger partial charge >= 0.3 is 0 Å². The van der Waals surface area contributed by atoms with Crippen molar-refractivity contribution in [1.29, 1.82) is 0 Å². The lowest BCUT2D eigenvalue weighted by Gasteiger charge is -2.09. The Kier molecular flexibility index (Phi) is 3.72. The first-order valence-electron chi connectivity index (χ1n) is 6.16. The van der Waals surface area contributed by atoms with Crippen molar-refractivity contribution in [2.24, 2.45) is 0 Å². The molecular weight excluding hydrogens is 282 g/mol. The first-order valence-corrected chi connectivity index (χ1v) is 7.36. The van der Waals surface area contributed by atoms with Crippen LogP contribution in [0.5, 0.6) is 0 Å². The predicted octanol–water partition coefficient (Wildman–Crippen LogP) is 2.53. The lowest BCUT2D eigenvalue weighted by atomic mass is 10.2. The molecule has 0 atom stereocenters. The minimum absolute atomic E-state index is 0.476. The van der Waals surface area contributed by atoms with E-state index in [-0.39, 0.29) is 0 Å². The smallest absolute Gasteiger partial charge is 0.214 e. The fourth-order valence-electron chi connectivity index (χ4n) is 1.86. The van der Waals surface area contributed by atoms with E-state index in [4.69, 9.17) is 11.6 Å². The largest absolute Gasteiger partial charge is 0.316 e. The molecule has 1 aliphatic rings. The van der Waals surface area contributed by atoms with Gasteiger partial charge in [-0.25, -0.2) is 4.68 Å². The normalized spacial score (nSPS) is 14.8. The molecule has 0 aliphatic heterocycles. The van der Waals surface area contributed by atoms with Crippen molar-refractivity contribution < 1.29 is 0 Å². The second kappa shape index (κ2) is 5.48. The van der Waals surface area contributed by atoms with Crippen molar-refractivity contribution >= 4 is 23.4 Å². The summed E-state index contributed by atoms with van der Waals surface area (Å²) in [6.45, 7) is 0.796. The average molecular weight is 296 g/mol. The summed E-state index contributed by atoms with van der Waals surface area (Å²) in [5.41, 5.74) is 1.20. The Hall–Kier alpha value is -1.11. The topological polar surface area (TPSA) is 55.6 Å². The fraction of sp³-hybridized carbons (Fsp3) is 0.417. The van der Waals surface area contributed by atoms with E-state index in [1.807, 2.05) is 29.9 Å². The van der Waals surface area contributed by atoms with Gasteiger partial charge in [-0.1, -0.05) is 17.7 Å². The summed E-state index contributed by atoms with van der Waals surface area (Å²) in [6.07, 6.45) is 2.33. The monoisotopic (exact) mass is 295 g/mol. The summed E-state index contributed by atoms with van der Waals surface area (Å²) in [4.78, 5) is 1.10. The van der Waals surface area contributed by atoms with Gasteiger partial charge in [0.1, 0.15) is 0 Å². The van der Waals surface area contributed by atoms with E-state index in [1.165, 1.54) is 5.56 Å². The van der Waals surface area contributed by atoms with Crippen LogP contribution >= 0.6 is 23.4 Å². The van der Waals surface area contributed by atoms with Gasteiger partial charge < -0.3 is 5.32 Å². The van der Waals surface area contributed by atoms with Crippen LogP contribution in [0, 0.1) is 0 Å². The Morgan fingerprint density at radius 1 is 1.47 bits per heavy atom. The van der Waals surface area contributed by atoms with Gasteiger partial charge in [-0.2, -0.15) is 0 Å². The maximum atomic E-state index is 6.08. The van der Waals surface area contributed by atoms with Crippen molar-refractivity contribution in [2.75, 3.05) is 7.05 Å². The standard InChI is InChI=1S/C12H14ClN5S/c1-14-7-8-2-3-9(13)6-11(8)19-12-15-16-17-18(12)10-4-5-10/h2-3,6,10,14H,4-5,7H2,1H3. The third kappa shape index (κ3) is 2.91. The number of nitrogens with one attached hydrogen (secondary N) is 1. The van der Waals surface area contributed by atoms with E-state index >= 15 is 0 Å². The molecule has 0 radical (unpaired) electrons. The lowest BCUT2D eigenvalue weighted by molar-refractivity contribution is 0.565. The van der Waals surface area contributed by atoms with Crippen LogP contribution in [0.3, 0.4) is 0 Å². The van der Waals surface area contributed by atoms with Crippen LogP contribution in [0.15, 0.2) is 28.3 Å². The molecule has 5 nitrogen and oxygen atoms in total. The highest BCUT2D eigenvalue weighted by atomic mass is 35.5. The molecule has 0 bridgehead atoms. The SMILES string of the molecule is CNCc1ccc(Cl)cc1Sc1nnnn1C1CC1.